The molecule has 1 heterocycles. The first-order valence-electron chi connectivity index (χ1n) is 5.58. The van der Waals surface area contributed by atoms with E-state index >= 15 is 0 Å². The number of hydrogen-bond donors (Lipinski definition) is 3. The van der Waals surface area contributed by atoms with Gasteiger partial charge in [-0.3, -0.25) is 0 Å². The van der Waals surface area contributed by atoms with Crippen LogP contribution in [0.5, 0.6) is 0 Å². The van der Waals surface area contributed by atoms with Gasteiger partial charge >= 0.3 is 0 Å². The summed E-state index contributed by atoms with van der Waals surface area (Å²) in [6, 6.07) is 8.15. The summed E-state index contributed by atoms with van der Waals surface area (Å²) < 4.78 is 0. The molecule has 2 aromatic rings. The predicted octanol–water partition coefficient (Wildman–Crippen LogP) is 2.15. The number of hydrogen-bond acceptors (Lipinski definition) is 2. The van der Waals surface area contributed by atoms with Crippen LogP contribution < -0.4 is 11.5 Å². The van der Waals surface area contributed by atoms with Gasteiger partial charge in [-0.15, -0.1) is 0 Å². The highest BCUT2D eigenvalue weighted by Gasteiger charge is 2.27. The molecule has 86 valence electrons. The first-order valence-corrected chi connectivity index (χ1v) is 5.58. The largest absolute Gasteiger partial charge is 0.361 e. The van der Waals surface area contributed by atoms with Gasteiger partial charge in [-0.05, 0) is 23.6 Å². The lowest BCUT2D eigenvalue weighted by atomic mass is 9.81. The van der Waals surface area contributed by atoms with E-state index in [2.05, 4.69) is 31.0 Å². The third-order valence-electron chi connectivity index (χ3n) is 3.32. The number of rotatable bonds is 3. The van der Waals surface area contributed by atoms with Crippen molar-refractivity contribution in [1.29, 1.82) is 0 Å². The fourth-order valence-corrected chi connectivity index (χ4v) is 1.90. The molecule has 16 heavy (non-hydrogen) atoms. The van der Waals surface area contributed by atoms with Gasteiger partial charge in [0.1, 0.15) is 0 Å². The van der Waals surface area contributed by atoms with Crippen LogP contribution in [0, 0.1) is 5.41 Å². The average molecular weight is 217 g/mol. The van der Waals surface area contributed by atoms with E-state index in [0.717, 1.165) is 11.1 Å². The smallest absolute Gasteiger partial charge is 0.0457 e. The van der Waals surface area contributed by atoms with Crippen molar-refractivity contribution in [3.8, 4) is 0 Å². The van der Waals surface area contributed by atoms with Crippen molar-refractivity contribution in [2.45, 2.75) is 19.9 Å². The fraction of sp³-hybridized carbons (Fsp3) is 0.385. The van der Waals surface area contributed by atoms with Gasteiger partial charge in [0.25, 0.3) is 0 Å². The van der Waals surface area contributed by atoms with E-state index < -0.39 is 0 Å². The Balaban J connectivity index is 2.48. The van der Waals surface area contributed by atoms with E-state index in [9.17, 15) is 0 Å². The molecular formula is C13H19N3. The van der Waals surface area contributed by atoms with Crippen molar-refractivity contribution in [2.24, 2.45) is 16.9 Å². The number of nitrogens with one attached hydrogen (secondary N) is 1. The van der Waals surface area contributed by atoms with Gasteiger partial charge in [0, 0.05) is 23.1 Å². The Bertz CT molecular complexity index is 485. The summed E-state index contributed by atoms with van der Waals surface area (Å²) in [4.78, 5) is 3.24. The van der Waals surface area contributed by atoms with Crippen molar-refractivity contribution in [3.63, 3.8) is 0 Å². The van der Waals surface area contributed by atoms with Crippen molar-refractivity contribution >= 4 is 10.9 Å². The number of para-hydroxylation sites is 1. The number of benzene rings is 1. The second-order valence-electron chi connectivity index (χ2n) is 4.96. The summed E-state index contributed by atoms with van der Waals surface area (Å²) >= 11 is 0. The summed E-state index contributed by atoms with van der Waals surface area (Å²) in [7, 11) is 0. The van der Waals surface area contributed by atoms with Crippen molar-refractivity contribution in [1.82, 2.24) is 4.98 Å². The standard InChI is InChI=1S/C13H19N3/c1-13(2,8-14)12(15)10-7-16-11-6-4-3-5-9(10)11/h3-7,12,16H,8,14-15H2,1-2H3. The molecule has 0 amide bonds. The number of aromatic amines is 1. The SMILES string of the molecule is CC(C)(CN)C(N)c1c[nH]c2ccccc12. The zero-order valence-electron chi connectivity index (χ0n) is 9.83. The van der Waals surface area contributed by atoms with Crippen LogP contribution in [-0.2, 0) is 0 Å². The highest BCUT2D eigenvalue weighted by Crippen LogP contribution is 2.33. The van der Waals surface area contributed by atoms with E-state index in [1.807, 2.05) is 18.3 Å². The second-order valence-corrected chi connectivity index (χ2v) is 4.96. The maximum absolute atomic E-state index is 6.29. The average Bonchev–Trinajstić information content (AvgIpc) is 2.71. The van der Waals surface area contributed by atoms with Crippen LogP contribution in [-0.4, -0.2) is 11.5 Å². The maximum atomic E-state index is 6.29. The molecule has 1 atom stereocenters. The Morgan fingerprint density at radius 2 is 2.00 bits per heavy atom. The zero-order chi connectivity index (χ0) is 11.8. The van der Waals surface area contributed by atoms with Gasteiger partial charge in [-0.25, -0.2) is 0 Å². The molecule has 0 fully saturated rings. The molecule has 1 unspecified atom stereocenters. The number of aromatic nitrogens is 1. The molecule has 3 nitrogen and oxygen atoms in total. The van der Waals surface area contributed by atoms with Crippen LogP contribution in [0.4, 0.5) is 0 Å². The highest BCUT2D eigenvalue weighted by molar-refractivity contribution is 5.83. The zero-order valence-corrected chi connectivity index (χ0v) is 9.83. The first kappa shape index (κ1) is 11.2. The van der Waals surface area contributed by atoms with Crippen molar-refractivity contribution in [3.05, 3.63) is 36.0 Å². The minimum atomic E-state index is -0.0923. The molecule has 0 bridgehead atoms. The Morgan fingerprint density at radius 3 is 2.69 bits per heavy atom. The maximum Gasteiger partial charge on any atom is 0.0457 e. The highest BCUT2D eigenvalue weighted by atomic mass is 14.8. The summed E-state index contributed by atoms with van der Waals surface area (Å²) in [6.07, 6.45) is 1.99. The topological polar surface area (TPSA) is 67.8 Å². The molecule has 1 aromatic carbocycles. The van der Waals surface area contributed by atoms with Crippen LogP contribution in [0.2, 0.25) is 0 Å². The Hall–Kier alpha value is -1.32. The Morgan fingerprint density at radius 1 is 1.31 bits per heavy atom. The normalized spacial score (nSPS) is 14.2. The van der Waals surface area contributed by atoms with Gasteiger partial charge in [0.05, 0.1) is 0 Å². The van der Waals surface area contributed by atoms with Gasteiger partial charge in [-0.2, -0.15) is 0 Å². The lowest BCUT2D eigenvalue weighted by Crippen LogP contribution is -2.35. The summed E-state index contributed by atoms with van der Waals surface area (Å²) in [5.41, 5.74) is 14.2. The van der Waals surface area contributed by atoms with Crippen LogP contribution in [0.1, 0.15) is 25.5 Å². The quantitative estimate of drug-likeness (QED) is 0.737. The van der Waals surface area contributed by atoms with E-state index in [1.165, 1.54) is 5.39 Å². The Labute approximate surface area is 95.8 Å². The lowest BCUT2D eigenvalue weighted by molar-refractivity contribution is 0.303. The molecule has 0 aliphatic carbocycles. The molecule has 5 N–H and O–H groups in total. The van der Waals surface area contributed by atoms with Gasteiger partial charge in [0.15, 0.2) is 0 Å². The summed E-state index contributed by atoms with van der Waals surface area (Å²) in [6.45, 7) is 4.77. The Kier molecular flexibility index (Phi) is 2.74. The van der Waals surface area contributed by atoms with E-state index in [1.54, 1.807) is 0 Å². The van der Waals surface area contributed by atoms with Crippen LogP contribution in [0.3, 0.4) is 0 Å². The van der Waals surface area contributed by atoms with Crippen LogP contribution in [0.15, 0.2) is 30.5 Å². The molecule has 0 radical (unpaired) electrons. The molecular weight excluding hydrogens is 198 g/mol. The third kappa shape index (κ3) is 1.72. The lowest BCUT2D eigenvalue weighted by Gasteiger charge is -2.29. The van der Waals surface area contributed by atoms with E-state index in [-0.39, 0.29) is 11.5 Å². The second kappa shape index (κ2) is 3.92. The molecule has 0 saturated heterocycles. The third-order valence-corrected chi connectivity index (χ3v) is 3.32. The fourth-order valence-electron chi connectivity index (χ4n) is 1.90. The monoisotopic (exact) mass is 217 g/mol. The van der Waals surface area contributed by atoms with E-state index in [0.29, 0.717) is 6.54 Å². The predicted molar refractivity (Wildman–Crippen MR) is 68.1 cm³/mol. The molecule has 1 aromatic heterocycles. The molecule has 0 aliphatic rings. The van der Waals surface area contributed by atoms with Crippen LogP contribution in [0.25, 0.3) is 10.9 Å². The molecule has 2 rings (SSSR count). The number of nitrogens with two attached hydrogens (primary N) is 2. The number of H-pyrrole nitrogens is 1. The minimum Gasteiger partial charge on any atom is -0.361 e. The van der Waals surface area contributed by atoms with E-state index in [4.69, 9.17) is 11.5 Å². The van der Waals surface area contributed by atoms with Gasteiger partial charge in [-0.1, -0.05) is 32.0 Å². The van der Waals surface area contributed by atoms with Crippen molar-refractivity contribution in [2.75, 3.05) is 6.54 Å². The summed E-state index contributed by atoms with van der Waals surface area (Å²) in [5.74, 6) is 0. The summed E-state index contributed by atoms with van der Waals surface area (Å²) in [5, 5.41) is 1.19. The van der Waals surface area contributed by atoms with Gasteiger partial charge in [0.2, 0.25) is 0 Å². The number of fused-ring (bicyclic) bond motifs is 1. The van der Waals surface area contributed by atoms with Crippen LogP contribution >= 0.6 is 0 Å². The molecule has 0 spiro atoms. The van der Waals surface area contributed by atoms with Crippen molar-refractivity contribution < 1.29 is 0 Å². The molecule has 3 heteroatoms. The molecule has 0 aliphatic heterocycles. The first-order chi connectivity index (χ1) is 7.56. The minimum absolute atomic E-state index is 0.0475. The van der Waals surface area contributed by atoms with Gasteiger partial charge < -0.3 is 16.5 Å². The molecule has 0 saturated carbocycles.